The summed E-state index contributed by atoms with van der Waals surface area (Å²) in [5, 5.41) is 9.41. The highest BCUT2D eigenvalue weighted by Crippen LogP contribution is 2.46. The second-order valence-electron chi connectivity index (χ2n) is 4.46. The molecule has 4 nitrogen and oxygen atoms in total. The zero-order valence-corrected chi connectivity index (χ0v) is 9.55. The van der Waals surface area contributed by atoms with Crippen molar-refractivity contribution in [2.75, 3.05) is 11.5 Å². The highest BCUT2D eigenvalue weighted by atomic mass is 16.4. The van der Waals surface area contributed by atoms with Crippen molar-refractivity contribution in [1.82, 2.24) is 0 Å². The van der Waals surface area contributed by atoms with Gasteiger partial charge in [0, 0.05) is 11.4 Å². The lowest BCUT2D eigenvalue weighted by Gasteiger charge is -2.08. The van der Waals surface area contributed by atoms with Crippen LogP contribution in [0.15, 0.2) is 36.4 Å². The van der Waals surface area contributed by atoms with Crippen LogP contribution in [-0.2, 0) is 4.79 Å². The Kier molecular flexibility index (Phi) is 2.07. The van der Waals surface area contributed by atoms with E-state index >= 15 is 0 Å². The van der Waals surface area contributed by atoms with Gasteiger partial charge in [-0.2, -0.15) is 0 Å². The minimum Gasteiger partial charge on any atom is -0.481 e. The molecule has 0 atom stereocenters. The summed E-state index contributed by atoms with van der Waals surface area (Å²) >= 11 is 0. The average molecular weight is 240 g/mol. The molecule has 0 unspecified atom stereocenters. The van der Waals surface area contributed by atoms with Gasteiger partial charge >= 0.3 is 5.97 Å². The van der Waals surface area contributed by atoms with Crippen LogP contribution in [0.5, 0.6) is 0 Å². The third-order valence-electron chi connectivity index (χ3n) is 3.31. The highest BCUT2D eigenvalue weighted by Gasteiger charge is 2.33. The number of rotatable bonds is 1. The van der Waals surface area contributed by atoms with Crippen molar-refractivity contribution in [3.63, 3.8) is 0 Å². The number of fused-ring (bicyclic) bond motifs is 3. The minimum atomic E-state index is -0.883. The summed E-state index contributed by atoms with van der Waals surface area (Å²) in [4.78, 5) is 11.5. The zero-order chi connectivity index (χ0) is 12.9. The van der Waals surface area contributed by atoms with Crippen LogP contribution in [0.4, 0.5) is 11.4 Å². The van der Waals surface area contributed by atoms with Gasteiger partial charge in [-0.25, -0.2) is 0 Å². The standard InChI is InChI=1S/C14H12N2O2/c15-7-1-3-9-10-4-2-8(16)6-12(10)13(14(17)18)11(9)5-7/h1-6,13H,15-16H2,(H,17,18). The highest BCUT2D eigenvalue weighted by molar-refractivity contribution is 5.94. The number of carboxylic acid groups (broad SMARTS) is 1. The van der Waals surface area contributed by atoms with Crippen LogP contribution in [0.25, 0.3) is 11.1 Å². The maximum absolute atomic E-state index is 11.5. The van der Waals surface area contributed by atoms with E-state index in [1.165, 1.54) is 0 Å². The fourth-order valence-electron chi connectivity index (χ4n) is 2.56. The van der Waals surface area contributed by atoms with E-state index in [-0.39, 0.29) is 0 Å². The number of carbonyl (C=O) groups is 1. The maximum atomic E-state index is 11.5. The van der Waals surface area contributed by atoms with E-state index in [1.807, 2.05) is 12.1 Å². The lowest BCUT2D eigenvalue weighted by Crippen LogP contribution is -2.10. The number of hydrogen-bond donors (Lipinski definition) is 3. The van der Waals surface area contributed by atoms with E-state index < -0.39 is 11.9 Å². The monoisotopic (exact) mass is 240 g/mol. The minimum absolute atomic E-state index is 0.570. The number of benzene rings is 2. The SMILES string of the molecule is Nc1ccc2c(c1)C(C(=O)O)c1cc(N)ccc1-2. The molecule has 0 aromatic heterocycles. The van der Waals surface area contributed by atoms with E-state index in [1.54, 1.807) is 24.3 Å². The summed E-state index contributed by atoms with van der Waals surface area (Å²) in [5.41, 5.74) is 15.9. The predicted molar refractivity (Wildman–Crippen MR) is 70.2 cm³/mol. The molecule has 0 radical (unpaired) electrons. The van der Waals surface area contributed by atoms with E-state index in [0.29, 0.717) is 11.4 Å². The molecular weight excluding hydrogens is 228 g/mol. The molecule has 1 aliphatic rings. The molecule has 0 fully saturated rings. The molecule has 0 saturated carbocycles. The van der Waals surface area contributed by atoms with Crippen LogP contribution >= 0.6 is 0 Å². The van der Waals surface area contributed by atoms with Crippen LogP contribution < -0.4 is 11.5 Å². The van der Waals surface area contributed by atoms with Crippen LogP contribution in [0.1, 0.15) is 17.0 Å². The summed E-state index contributed by atoms with van der Waals surface area (Å²) in [7, 11) is 0. The van der Waals surface area contributed by atoms with Gasteiger partial charge in [0.05, 0.1) is 0 Å². The molecule has 3 rings (SSSR count). The number of anilines is 2. The fraction of sp³-hybridized carbons (Fsp3) is 0.0714. The van der Waals surface area contributed by atoms with Crippen LogP contribution in [0.2, 0.25) is 0 Å². The molecule has 0 aliphatic heterocycles. The molecule has 0 amide bonds. The van der Waals surface area contributed by atoms with Gasteiger partial charge in [0.2, 0.25) is 0 Å². The van der Waals surface area contributed by atoms with Crippen molar-refractivity contribution < 1.29 is 9.90 Å². The first-order valence-electron chi connectivity index (χ1n) is 5.60. The Morgan fingerprint density at radius 3 is 1.78 bits per heavy atom. The smallest absolute Gasteiger partial charge is 0.315 e. The predicted octanol–water partition coefficient (Wildman–Crippen LogP) is 2.05. The van der Waals surface area contributed by atoms with Crippen molar-refractivity contribution in [1.29, 1.82) is 0 Å². The number of hydrogen-bond acceptors (Lipinski definition) is 3. The first-order chi connectivity index (χ1) is 8.58. The number of nitrogens with two attached hydrogens (primary N) is 2. The molecule has 2 aromatic carbocycles. The van der Waals surface area contributed by atoms with Gasteiger partial charge in [-0.3, -0.25) is 4.79 Å². The van der Waals surface area contributed by atoms with Crippen LogP contribution in [-0.4, -0.2) is 11.1 Å². The molecule has 0 spiro atoms. The van der Waals surface area contributed by atoms with Gasteiger partial charge < -0.3 is 16.6 Å². The lowest BCUT2D eigenvalue weighted by atomic mass is 9.97. The topological polar surface area (TPSA) is 89.3 Å². The fourth-order valence-corrected chi connectivity index (χ4v) is 2.56. The van der Waals surface area contributed by atoms with Gasteiger partial charge in [0.1, 0.15) is 5.92 Å². The van der Waals surface area contributed by atoms with Gasteiger partial charge in [0.25, 0.3) is 0 Å². The van der Waals surface area contributed by atoms with Gasteiger partial charge in [0.15, 0.2) is 0 Å². The van der Waals surface area contributed by atoms with Gasteiger partial charge in [-0.15, -0.1) is 0 Å². The molecule has 18 heavy (non-hydrogen) atoms. The summed E-state index contributed by atoms with van der Waals surface area (Å²) in [6.07, 6.45) is 0. The second-order valence-corrected chi connectivity index (χ2v) is 4.46. The summed E-state index contributed by atoms with van der Waals surface area (Å²) < 4.78 is 0. The maximum Gasteiger partial charge on any atom is 0.315 e. The largest absolute Gasteiger partial charge is 0.481 e. The Balaban J connectivity index is 2.33. The normalized spacial score (nSPS) is 13.1. The van der Waals surface area contributed by atoms with E-state index in [0.717, 1.165) is 22.3 Å². The Morgan fingerprint density at radius 1 is 0.944 bits per heavy atom. The third-order valence-corrected chi connectivity index (χ3v) is 3.31. The molecule has 5 N–H and O–H groups in total. The molecule has 90 valence electrons. The van der Waals surface area contributed by atoms with Crippen molar-refractivity contribution in [2.45, 2.75) is 5.92 Å². The third kappa shape index (κ3) is 1.35. The van der Waals surface area contributed by atoms with Crippen molar-refractivity contribution in [2.24, 2.45) is 0 Å². The Labute approximate surface area is 104 Å². The quantitative estimate of drug-likeness (QED) is 0.665. The molecule has 1 aliphatic carbocycles. The van der Waals surface area contributed by atoms with E-state index in [9.17, 15) is 9.90 Å². The summed E-state index contributed by atoms with van der Waals surface area (Å²) in [5.74, 6) is -1.56. The average Bonchev–Trinajstić information content (AvgIpc) is 2.60. The number of carboxylic acids is 1. The van der Waals surface area contributed by atoms with Crippen molar-refractivity contribution >= 4 is 17.3 Å². The number of nitrogen functional groups attached to an aromatic ring is 2. The van der Waals surface area contributed by atoms with Crippen molar-refractivity contribution in [3.8, 4) is 11.1 Å². The van der Waals surface area contributed by atoms with Gasteiger partial charge in [-0.05, 0) is 46.5 Å². The first-order valence-corrected chi connectivity index (χ1v) is 5.60. The molecule has 2 aromatic rings. The molecule has 0 saturated heterocycles. The Morgan fingerprint density at radius 2 is 1.39 bits per heavy atom. The molecule has 0 heterocycles. The van der Waals surface area contributed by atoms with Crippen LogP contribution in [0.3, 0.4) is 0 Å². The molecular formula is C14H12N2O2. The summed E-state index contributed by atoms with van der Waals surface area (Å²) in [6, 6.07) is 10.7. The molecule has 0 bridgehead atoms. The lowest BCUT2D eigenvalue weighted by molar-refractivity contribution is -0.137. The van der Waals surface area contributed by atoms with Crippen molar-refractivity contribution in [3.05, 3.63) is 47.5 Å². The summed E-state index contributed by atoms with van der Waals surface area (Å²) in [6.45, 7) is 0. The molecule has 4 heteroatoms. The van der Waals surface area contributed by atoms with Crippen LogP contribution in [0, 0.1) is 0 Å². The first kappa shape index (κ1) is 10.7. The second kappa shape index (κ2) is 3.50. The zero-order valence-electron chi connectivity index (χ0n) is 9.55. The van der Waals surface area contributed by atoms with E-state index in [4.69, 9.17) is 11.5 Å². The Hall–Kier alpha value is -2.49. The van der Waals surface area contributed by atoms with E-state index in [2.05, 4.69) is 0 Å². The number of aliphatic carboxylic acids is 1. The van der Waals surface area contributed by atoms with Gasteiger partial charge in [-0.1, -0.05) is 12.1 Å². The Bertz CT molecular complexity index is 613.